The van der Waals surface area contributed by atoms with Crippen molar-refractivity contribution in [3.8, 4) is 0 Å². The van der Waals surface area contributed by atoms with E-state index in [2.05, 4.69) is 35.9 Å². The Morgan fingerprint density at radius 1 is 1.31 bits per heavy atom. The zero-order valence-electron chi connectivity index (χ0n) is 10.4. The Labute approximate surface area is 98.7 Å². The van der Waals surface area contributed by atoms with Gasteiger partial charge in [0, 0.05) is 31.5 Å². The number of hydrogen-bond acceptors (Lipinski definition) is 3. The molecule has 90 valence electrons. The van der Waals surface area contributed by atoms with E-state index in [1.807, 2.05) is 12.4 Å². The molecule has 0 aliphatic heterocycles. The van der Waals surface area contributed by atoms with E-state index in [-0.39, 0.29) is 0 Å². The summed E-state index contributed by atoms with van der Waals surface area (Å²) in [6.45, 7) is 7.47. The van der Waals surface area contributed by atoms with Crippen LogP contribution in [-0.2, 0) is 6.42 Å². The van der Waals surface area contributed by atoms with Crippen LogP contribution in [0.3, 0.4) is 0 Å². The molecule has 1 atom stereocenters. The zero-order valence-corrected chi connectivity index (χ0v) is 10.4. The number of aromatic nitrogens is 1. The molecule has 1 heterocycles. The van der Waals surface area contributed by atoms with Gasteiger partial charge in [0.25, 0.3) is 0 Å². The minimum Gasteiger partial charge on any atom is -0.327 e. The lowest BCUT2D eigenvalue weighted by Gasteiger charge is -2.23. The highest BCUT2D eigenvalue weighted by molar-refractivity contribution is 5.09. The summed E-state index contributed by atoms with van der Waals surface area (Å²) in [7, 11) is 0. The van der Waals surface area contributed by atoms with Crippen LogP contribution in [0.15, 0.2) is 24.5 Å². The molecule has 0 aliphatic carbocycles. The van der Waals surface area contributed by atoms with Crippen molar-refractivity contribution in [3.05, 3.63) is 30.1 Å². The standard InChI is InChI=1S/C13H23N3/c1-3-13(14)11-16(4-2)10-7-12-5-8-15-9-6-12/h5-6,8-9,13H,3-4,7,10-11,14H2,1-2H3. The van der Waals surface area contributed by atoms with Gasteiger partial charge < -0.3 is 10.6 Å². The molecule has 1 aromatic rings. The predicted octanol–water partition coefficient (Wildman–Crippen LogP) is 1.68. The molecule has 0 fully saturated rings. The molecule has 0 aromatic carbocycles. The van der Waals surface area contributed by atoms with Crippen LogP contribution in [0.5, 0.6) is 0 Å². The first-order valence-corrected chi connectivity index (χ1v) is 6.13. The van der Waals surface area contributed by atoms with E-state index < -0.39 is 0 Å². The van der Waals surface area contributed by atoms with Crippen LogP contribution >= 0.6 is 0 Å². The summed E-state index contributed by atoms with van der Waals surface area (Å²) in [4.78, 5) is 6.43. The van der Waals surface area contributed by atoms with Crippen molar-refractivity contribution in [3.63, 3.8) is 0 Å². The Bertz CT molecular complexity index is 274. The van der Waals surface area contributed by atoms with Crippen molar-refractivity contribution in [1.82, 2.24) is 9.88 Å². The highest BCUT2D eigenvalue weighted by Crippen LogP contribution is 2.01. The fourth-order valence-electron chi connectivity index (χ4n) is 1.68. The van der Waals surface area contributed by atoms with E-state index in [1.165, 1.54) is 5.56 Å². The summed E-state index contributed by atoms with van der Waals surface area (Å²) in [5.41, 5.74) is 7.31. The van der Waals surface area contributed by atoms with Gasteiger partial charge >= 0.3 is 0 Å². The highest BCUT2D eigenvalue weighted by Gasteiger charge is 2.07. The van der Waals surface area contributed by atoms with Crippen molar-refractivity contribution in [2.24, 2.45) is 5.73 Å². The number of pyridine rings is 1. The Balaban J connectivity index is 2.34. The van der Waals surface area contributed by atoms with Gasteiger partial charge in [-0.25, -0.2) is 0 Å². The van der Waals surface area contributed by atoms with Crippen LogP contribution in [0.25, 0.3) is 0 Å². The van der Waals surface area contributed by atoms with Gasteiger partial charge in [0.1, 0.15) is 0 Å². The van der Waals surface area contributed by atoms with Crippen LogP contribution in [0.4, 0.5) is 0 Å². The Morgan fingerprint density at radius 3 is 2.56 bits per heavy atom. The summed E-state index contributed by atoms with van der Waals surface area (Å²) in [6.07, 6.45) is 5.82. The van der Waals surface area contributed by atoms with Crippen molar-refractivity contribution in [2.45, 2.75) is 32.7 Å². The Morgan fingerprint density at radius 2 is 2.00 bits per heavy atom. The number of nitrogens with zero attached hydrogens (tertiary/aromatic N) is 2. The molecule has 1 rings (SSSR count). The van der Waals surface area contributed by atoms with Crippen LogP contribution in [0.1, 0.15) is 25.8 Å². The second-order valence-corrected chi connectivity index (χ2v) is 4.17. The van der Waals surface area contributed by atoms with Crippen LogP contribution in [0, 0.1) is 0 Å². The summed E-state index contributed by atoms with van der Waals surface area (Å²) in [6, 6.07) is 4.46. The van der Waals surface area contributed by atoms with Crippen molar-refractivity contribution in [2.75, 3.05) is 19.6 Å². The molecule has 0 bridgehead atoms. The summed E-state index contributed by atoms with van der Waals surface area (Å²) < 4.78 is 0. The molecule has 3 heteroatoms. The van der Waals surface area contributed by atoms with Gasteiger partial charge in [-0.2, -0.15) is 0 Å². The summed E-state index contributed by atoms with van der Waals surface area (Å²) in [5.74, 6) is 0. The van der Waals surface area contributed by atoms with E-state index in [0.29, 0.717) is 6.04 Å². The number of likely N-dealkylation sites (N-methyl/N-ethyl adjacent to an activating group) is 1. The monoisotopic (exact) mass is 221 g/mol. The van der Waals surface area contributed by atoms with Gasteiger partial charge in [-0.05, 0) is 37.1 Å². The first-order valence-electron chi connectivity index (χ1n) is 6.13. The molecule has 3 nitrogen and oxygen atoms in total. The fraction of sp³-hybridized carbons (Fsp3) is 0.615. The van der Waals surface area contributed by atoms with Crippen LogP contribution in [0.2, 0.25) is 0 Å². The molecule has 2 N–H and O–H groups in total. The summed E-state index contributed by atoms with van der Waals surface area (Å²) in [5, 5.41) is 0. The topological polar surface area (TPSA) is 42.1 Å². The molecular formula is C13H23N3. The molecule has 0 saturated heterocycles. The maximum absolute atomic E-state index is 5.97. The van der Waals surface area contributed by atoms with Crippen molar-refractivity contribution < 1.29 is 0 Å². The molecule has 16 heavy (non-hydrogen) atoms. The van der Waals surface area contributed by atoms with Gasteiger partial charge in [0.15, 0.2) is 0 Å². The highest BCUT2D eigenvalue weighted by atomic mass is 15.1. The smallest absolute Gasteiger partial charge is 0.0270 e. The zero-order chi connectivity index (χ0) is 11.8. The fourth-order valence-corrected chi connectivity index (χ4v) is 1.68. The molecule has 1 aromatic heterocycles. The average molecular weight is 221 g/mol. The molecule has 0 amide bonds. The second kappa shape index (κ2) is 7.36. The number of nitrogens with two attached hydrogens (primary N) is 1. The third kappa shape index (κ3) is 4.73. The van der Waals surface area contributed by atoms with Gasteiger partial charge in [-0.3, -0.25) is 4.98 Å². The van der Waals surface area contributed by atoms with Gasteiger partial charge in [-0.1, -0.05) is 13.8 Å². The average Bonchev–Trinajstić information content (AvgIpc) is 2.35. The van der Waals surface area contributed by atoms with Crippen molar-refractivity contribution >= 4 is 0 Å². The summed E-state index contributed by atoms with van der Waals surface area (Å²) >= 11 is 0. The minimum atomic E-state index is 0.303. The molecule has 0 spiro atoms. The molecule has 0 aliphatic rings. The van der Waals surface area contributed by atoms with E-state index in [4.69, 9.17) is 5.73 Å². The minimum absolute atomic E-state index is 0.303. The number of rotatable bonds is 7. The Kier molecular flexibility index (Phi) is 6.04. The van der Waals surface area contributed by atoms with E-state index in [9.17, 15) is 0 Å². The second-order valence-electron chi connectivity index (χ2n) is 4.17. The normalized spacial score (nSPS) is 13.0. The lowest BCUT2D eigenvalue weighted by molar-refractivity contribution is 0.270. The van der Waals surface area contributed by atoms with Crippen molar-refractivity contribution in [1.29, 1.82) is 0 Å². The van der Waals surface area contributed by atoms with Gasteiger partial charge in [0.05, 0.1) is 0 Å². The third-order valence-corrected chi connectivity index (χ3v) is 2.93. The quantitative estimate of drug-likeness (QED) is 0.762. The van der Waals surface area contributed by atoms with Crippen LogP contribution < -0.4 is 5.73 Å². The largest absolute Gasteiger partial charge is 0.327 e. The maximum atomic E-state index is 5.97. The number of hydrogen-bond donors (Lipinski definition) is 1. The van der Waals surface area contributed by atoms with E-state index >= 15 is 0 Å². The van der Waals surface area contributed by atoms with E-state index in [1.54, 1.807) is 0 Å². The van der Waals surface area contributed by atoms with Gasteiger partial charge in [-0.15, -0.1) is 0 Å². The molecule has 0 radical (unpaired) electrons. The van der Waals surface area contributed by atoms with Crippen LogP contribution in [-0.4, -0.2) is 35.6 Å². The lowest BCUT2D eigenvalue weighted by atomic mass is 10.1. The molecule has 0 saturated carbocycles. The predicted molar refractivity (Wildman–Crippen MR) is 68.3 cm³/mol. The van der Waals surface area contributed by atoms with Gasteiger partial charge in [0.2, 0.25) is 0 Å². The lowest BCUT2D eigenvalue weighted by Crippen LogP contribution is -2.38. The first kappa shape index (κ1) is 13.1. The molecular weight excluding hydrogens is 198 g/mol. The molecule has 1 unspecified atom stereocenters. The third-order valence-electron chi connectivity index (χ3n) is 2.93. The Hall–Kier alpha value is -0.930. The first-order chi connectivity index (χ1) is 7.76. The van der Waals surface area contributed by atoms with E-state index in [0.717, 1.165) is 32.5 Å². The SMILES string of the molecule is CCC(N)CN(CC)CCc1ccncc1. The maximum Gasteiger partial charge on any atom is 0.0270 e.